The zero-order chi connectivity index (χ0) is 26.2. The van der Waals surface area contributed by atoms with Gasteiger partial charge in [-0.25, -0.2) is 9.18 Å². The highest BCUT2D eigenvalue weighted by atomic mass is 19.1. The first-order chi connectivity index (χ1) is 17.1. The molecule has 0 aromatic heterocycles. The van der Waals surface area contributed by atoms with Crippen molar-refractivity contribution in [2.75, 3.05) is 19.8 Å². The standard InChI is InChI=1S/C30H41FO5/c1-5-6-7-10-24(32)16-17-25-26(11-8-9-18-34-20-28(33)36-29(2,3)4)30(19-27(25)35-21-30)22-12-14-23(31)15-13-22/h8-9,12-17,25-27H,5-7,10-11,18-21H2,1-4H3/b9-8-,17-16+/t25-,26-,27-,30-/m0/s1. The van der Waals surface area contributed by atoms with Crippen molar-refractivity contribution >= 4 is 11.8 Å². The fraction of sp³-hybridized carbons (Fsp3) is 0.600. The molecule has 36 heavy (non-hydrogen) atoms. The van der Waals surface area contributed by atoms with Crippen LogP contribution >= 0.6 is 0 Å². The number of hydrogen-bond acceptors (Lipinski definition) is 5. The maximum Gasteiger partial charge on any atom is 0.332 e. The third kappa shape index (κ3) is 7.59. The Morgan fingerprint density at radius 2 is 1.92 bits per heavy atom. The maximum absolute atomic E-state index is 13.7. The molecule has 0 N–H and O–H groups in total. The van der Waals surface area contributed by atoms with Gasteiger partial charge >= 0.3 is 5.97 Å². The van der Waals surface area contributed by atoms with Gasteiger partial charge in [0, 0.05) is 17.8 Å². The van der Waals surface area contributed by atoms with Crippen molar-refractivity contribution < 1.29 is 28.2 Å². The molecule has 0 amide bonds. The average molecular weight is 501 g/mol. The average Bonchev–Trinajstić information content (AvgIpc) is 3.37. The zero-order valence-electron chi connectivity index (χ0n) is 22.1. The summed E-state index contributed by atoms with van der Waals surface area (Å²) in [6, 6.07) is 6.75. The summed E-state index contributed by atoms with van der Waals surface area (Å²) < 4.78 is 30.5. The molecule has 0 radical (unpaired) electrons. The summed E-state index contributed by atoms with van der Waals surface area (Å²) in [5, 5.41) is 0. The number of carbonyl (C=O) groups is 2. The smallest absolute Gasteiger partial charge is 0.332 e. The minimum atomic E-state index is -0.533. The van der Waals surface area contributed by atoms with E-state index in [0.717, 1.165) is 37.7 Å². The minimum Gasteiger partial charge on any atom is -0.458 e. The number of halogens is 1. The van der Waals surface area contributed by atoms with Crippen LogP contribution in [0.3, 0.4) is 0 Å². The third-order valence-corrected chi connectivity index (χ3v) is 7.08. The summed E-state index contributed by atoms with van der Waals surface area (Å²) in [5.41, 5.74) is 0.325. The topological polar surface area (TPSA) is 61.8 Å². The molecule has 0 unspecified atom stereocenters. The number of ether oxygens (including phenoxy) is 3. The SMILES string of the molecule is CCCCCC(=O)/C=C/[C@@H]1[C@@H]2C[C@@](c3ccc(F)cc3)(CO2)[C@H]1C/C=C\COCC(=O)OC(C)(C)C. The molecule has 4 atom stereocenters. The molecule has 0 spiro atoms. The third-order valence-electron chi connectivity index (χ3n) is 7.08. The highest BCUT2D eigenvalue weighted by molar-refractivity contribution is 5.89. The van der Waals surface area contributed by atoms with Gasteiger partial charge in [-0.1, -0.05) is 50.1 Å². The molecule has 6 heteroatoms. The van der Waals surface area contributed by atoms with Crippen LogP contribution in [0.5, 0.6) is 0 Å². The lowest BCUT2D eigenvalue weighted by Crippen LogP contribution is -2.39. The van der Waals surface area contributed by atoms with E-state index in [0.29, 0.717) is 19.6 Å². The number of esters is 1. The Balaban J connectivity index is 1.66. The zero-order valence-corrected chi connectivity index (χ0v) is 22.1. The molecular weight excluding hydrogens is 459 g/mol. The van der Waals surface area contributed by atoms with Gasteiger partial charge in [0.15, 0.2) is 5.78 Å². The van der Waals surface area contributed by atoms with Crippen LogP contribution in [0.4, 0.5) is 4.39 Å². The molecule has 1 heterocycles. The van der Waals surface area contributed by atoms with E-state index >= 15 is 0 Å². The van der Waals surface area contributed by atoms with Crippen molar-refractivity contribution in [3.05, 3.63) is 60.0 Å². The summed E-state index contributed by atoms with van der Waals surface area (Å²) >= 11 is 0. The number of fused-ring (bicyclic) bond motifs is 2. The van der Waals surface area contributed by atoms with E-state index in [1.807, 2.05) is 45.1 Å². The predicted octanol–water partition coefficient (Wildman–Crippen LogP) is 6.11. The normalized spacial score (nSPS) is 25.8. The van der Waals surface area contributed by atoms with Gasteiger partial charge in [-0.05, 0) is 69.7 Å². The van der Waals surface area contributed by atoms with Crippen LogP contribution in [-0.2, 0) is 29.2 Å². The Labute approximate surface area is 215 Å². The Morgan fingerprint density at radius 1 is 1.17 bits per heavy atom. The molecule has 1 aromatic rings. The number of ketones is 1. The second-order valence-electron chi connectivity index (χ2n) is 11.0. The highest BCUT2D eigenvalue weighted by Crippen LogP contribution is 2.57. The van der Waals surface area contributed by atoms with Crippen molar-refractivity contribution in [1.82, 2.24) is 0 Å². The molecule has 1 saturated heterocycles. The van der Waals surface area contributed by atoms with E-state index in [-0.39, 0.29) is 47.5 Å². The molecule has 1 aliphatic carbocycles. The molecule has 2 fully saturated rings. The van der Waals surface area contributed by atoms with Crippen LogP contribution in [0.2, 0.25) is 0 Å². The van der Waals surface area contributed by atoms with Gasteiger partial charge in [0.05, 0.1) is 19.3 Å². The van der Waals surface area contributed by atoms with Crippen molar-refractivity contribution in [3.8, 4) is 0 Å². The molecule has 1 saturated carbocycles. The molecule has 2 aliphatic rings. The van der Waals surface area contributed by atoms with Crippen molar-refractivity contribution in [2.24, 2.45) is 11.8 Å². The van der Waals surface area contributed by atoms with Crippen molar-refractivity contribution in [1.29, 1.82) is 0 Å². The summed E-state index contributed by atoms with van der Waals surface area (Å²) in [7, 11) is 0. The van der Waals surface area contributed by atoms with E-state index in [1.54, 1.807) is 6.08 Å². The lowest BCUT2D eigenvalue weighted by Gasteiger charge is -2.38. The number of allylic oxidation sites excluding steroid dienone is 2. The molecule has 1 aromatic carbocycles. The van der Waals surface area contributed by atoms with Crippen LogP contribution in [-0.4, -0.2) is 43.3 Å². The Kier molecular flexibility index (Phi) is 10.0. The number of unbranched alkanes of at least 4 members (excludes halogenated alkanes) is 2. The lowest BCUT2D eigenvalue weighted by molar-refractivity contribution is -0.159. The van der Waals surface area contributed by atoms with Gasteiger partial charge in [-0.2, -0.15) is 0 Å². The largest absolute Gasteiger partial charge is 0.458 e. The highest BCUT2D eigenvalue weighted by Gasteiger charge is 2.58. The summed E-state index contributed by atoms with van der Waals surface area (Å²) in [5.74, 6) is -0.164. The first-order valence-electron chi connectivity index (χ1n) is 13.2. The predicted molar refractivity (Wildman–Crippen MR) is 138 cm³/mol. The van der Waals surface area contributed by atoms with Gasteiger partial charge in [-0.15, -0.1) is 0 Å². The van der Waals surface area contributed by atoms with E-state index in [9.17, 15) is 14.0 Å². The summed E-state index contributed by atoms with van der Waals surface area (Å²) in [6.07, 6.45) is 13.1. The molecule has 5 nitrogen and oxygen atoms in total. The van der Waals surface area contributed by atoms with E-state index < -0.39 is 5.60 Å². The number of benzene rings is 1. The first-order valence-corrected chi connectivity index (χ1v) is 13.2. The van der Waals surface area contributed by atoms with Gasteiger partial charge in [0.2, 0.25) is 0 Å². The summed E-state index contributed by atoms with van der Waals surface area (Å²) in [6.45, 7) is 8.41. The van der Waals surface area contributed by atoms with E-state index in [1.165, 1.54) is 12.1 Å². The van der Waals surface area contributed by atoms with Gasteiger partial charge in [0.25, 0.3) is 0 Å². The van der Waals surface area contributed by atoms with Crippen LogP contribution in [0.1, 0.15) is 71.8 Å². The Bertz CT molecular complexity index is 930. The number of rotatable bonds is 13. The molecule has 3 rings (SSSR count). The second kappa shape index (κ2) is 12.8. The quantitative estimate of drug-likeness (QED) is 0.142. The van der Waals surface area contributed by atoms with E-state index in [4.69, 9.17) is 14.2 Å². The Morgan fingerprint density at radius 3 is 2.61 bits per heavy atom. The van der Waals surface area contributed by atoms with Gasteiger partial charge in [0.1, 0.15) is 18.0 Å². The van der Waals surface area contributed by atoms with Crippen LogP contribution < -0.4 is 0 Å². The fourth-order valence-corrected chi connectivity index (χ4v) is 5.45. The number of carbonyl (C=O) groups excluding carboxylic acids is 2. The van der Waals surface area contributed by atoms with Crippen molar-refractivity contribution in [2.45, 2.75) is 83.3 Å². The molecule has 2 bridgehead atoms. The van der Waals surface area contributed by atoms with Gasteiger partial charge in [-0.3, -0.25) is 4.79 Å². The molecule has 198 valence electrons. The lowest BCUT2D eigenvalue weighted by atomic mass is 9.69. The summed E-state index contributed by atoms with van der Waals surface area (Å²) in [4.78, 5) is 24.2. The second-order valence-corrected chi connectivity index (χ2v) is 11.0. The monoisotopic (exact) mass is 500 g/mol. The van der Waals surface area contributed by atoms with Crippen molar-refractivity contribution in [3.63, 3.8) is 0 Å². The molecular formula is C30H41FO5. The van der Waals surface area contributed by atoms with E-state index in [2.05, 4.69) is 13.0 Å². The van der Waals surface area contributed by atoms with Gasteiger partial charge < -0.3 is 14.2 Å². The first kappa shape index (κ1) is 28.3. The number of hydrogen-bond donors (Lipinski definition) is 0. The minimum absolute atomic E-state index is 0.0385. The van der Waals surface area contributed by atoms with Crippen LogP contribution in [0, 0.1) is 17.7 Å². The molecule has 1 aliphatic heterocycles. The fourth-order valence-electron chi connectivity index (χ4n) is 5.45. The maximum atomic E-state index is 13.7. The Hall–Kier alpha value is -2.31. The van der Waals surface area contributed by atoms with Crippen LogP contribution in [0.25, 0.3) is 0 Å². The van der Waals surface area contributed by atoms with Crippen LogP contribution in [0.15, 0.2) is 48.6 Å².